The third-order valence-corrected chi connectivity index (χ3v) is 4.44. The second-order valence-electron chi connectivity index (χ2n) is 6.48. The minimum atomic E-state index is 0.442. The molecular formula is C19H25N5OS. The highest BCUT2D eigenvalue weighted by molar-refractivity contribution is 7.80. The average Bonchev–Trinajstić information content (AvgIpc) is 2.62. The molecule has 3 rings (SSSR count). The molecule has 0 unspecified atom stereocenters. The SMILES string of the molecule is CCNC(=S)Nc1nc(Oc2ccccc2)cc(N2CCC[C@@H](C)C2)n1. The molecule has 2 heterocycles. The Morgan fingerprint density at radius 3 is 2.85 bits per heavy atom. The molecule has 0 bridgehead atoms. The van der Waals surface area contributed by atoms with Crippen LogP contribution >= 0.6 is 12.2 Å². The Kier molecular flexibility index (Phi) is 6.22. The summed E-state index contributed by atoms with van der Waals surface area (Å²) in [5.74, 6) is 3.19. The molecule has 1 saturated heterocycles. The molecule has 2 aromatic rings. The van der Waals surface area contributed by atoms with E-state index < -0.39 is 0 Å². The number of piperidine rings is 1. The number of nitrogens with one attached hydrogen (secondary N) is 2. The Morgan fingerprint density at radius 1 is 1.31 bits per heavy atom. The summed E-state index contributed by atoms with van der Waals surface area (Å²) < 4.78 is 5.94. The maximum atomic E-state index is 5.94. The normalized spacial score (nSPS) is 16.8. The quantitative estimate of drug-likeness (QED) is 0.775. The average molecular weight is 372 g/mol. The van der Waals surface area contributed by atoms with Crippen LogP contribution in [0.1, 0.15) is 26.7 Å². The Labute approximate surface area is 160 Å². The molecule has 1 aliphatic rings. The van der Waals surface area contributed by atoms with E-state index in [-0.39, 0.29) is 0 Å². The van der Waals surface area contributed by atoms with Crippen molar-refractivity contribution in [2.75, 3.05) is 29.9 Å². The monoisotopic (exact) mass is 371 g/mol. The van der Waals surface area contributed by atoms with Crippen LogP contribution in [-0.4, -0.2) is 34.7 Å². The molecule has 26 heavy (non-hydrogen) atoms. The number of hydrogen-bond donors (Lipinski definition) is 2. The molecule has 138 valence electrons. The molecule has 0 amide bonds. The van der Waals surface area contributed by atoms with Crippen molar-refractivity contribution >= 4 is 29.1 Å². The molecule has 1 aliphatic heterocycles. The minimum Gasteiger partial charge on any atom is -0.439 e. The Morgan fingerprint density at radius 2 is 2.12 bits per heavy atom. The number of aromatic nitrogens is 2. The first-order valence-electron chi connectivity index (χ1n) is 9.06. The van der Waals surface area contributed by atoms with Crippen LogP contribution in [0.15, 0.2) is 36.4 Å². The largest absolute Gasteiger partial charge is 0.439 e. The van der Waals surface area contributed by atoms with Crippen LogP contribution in [-0.2, 0) is 0 Å². The number of benzene rings is 1. The van der Waals surface area contributed by atoms with E-state index in [1.165, 1.54) is 12.8 Å². The van der Waals surface area contributed by atoms with E-state index in [0.717, 1.165) is 31.2 Å². The van der Waals surface area contributed by atoms with Crippen LogP contribution in [0.5, 0.6) is 11.6 Å². The van der Waals surface area contributed by atoms with Gasteiger partial charge in [0.15, 0.2) is 5.11 Å². The van der Waals surface area contributed by atoms with E-state index in [2.05, 4.69) is 32.4 Å². The van der Waals surface area contributed by atoms with Gasteiger partial charge in [-0.25, -0.2) is 0 Å². The standard InChI is InChI=1S/C19H25N5OS/c1-3-20-19(26)23-18-21-16(24-11-7-8-14(2)13-24)12-17(22-18)25-15-9-5-4-6-10-15/h4-6,9-10,12,14H,3,7-8,11,13H2,1-2H3,(H2,20,21,22,23,26)/t14-/m1/s1. The lowest BCUT2D eigenvalue weighted by molar-refractivity contribution is 0.440. The molecule has 0 radical (unpaired) electrons. The Hall–Kier alpha value is -2.41. The van der Waals surface area contributed by atoms with Crippen molar-refractivity contribution in [3.63, 3.8) is 0 Å². The van der Waals surface area contributed by atoms with Gasteiger partial charge in [-0.1, -0.05) is 25.1 Å². The van der Waals surface area contributed by atoms with Crippen molar-refractivity contribution in [3.8, 4) is 11.6 Å². The third-order valence-electron chi connectivity index (χ3n) is 4.20. The number of hydrogen-bond acceptors (Lipinski definition) is 5. The summed E-state index contributed by atoms with van der Waals surface area (Å²) in [5, 5.41) is 6.61. The summed E-state index contributed by atoms with van der Waals surface area (Å²) in [6.07, 6.45) is 2.42. The smallest absolute Gasteiger partial charge is 0.234 e. The fraction of sp³-hybridized carbons (Fsp3) is 0.421. The highest BCUT2D eigenvalue weighted by Crippen LogP contribution is 2.27. The van der Waals surface area contributed by atoms with Gasteiger partial charge in [0.1, 0.15) is 11.6 Å². The summed E-state index contributed by atoms with van der Waals surface area (Å²) in [4.78, 5) is 11.4. The summed E-state index contributed by atoms with van der Waals surface area (Å²) in [6.45, 7) is 6.98. The second-order valence-corrected chi connectivity index (χ2v) is 6.89. The molecule has 1 aromatic carbocycles. The predicted molar refractivity (Wildman–Crippen MR) is 109 cm³/mol. The molecule has 1 atom stereocenters. The van der Waals surface area contributed by atoms with Crippen molar-refractivity contribution in [1.29, 1.82) is 0 Å². The highest BCUT2D eigenvalue weighted by atomic mass is 32.1. The summed E-state index contributed by atoms with van der Waals surface area (Å²) in [5.41, 5.74) is 0. The van der Waals surface area contributed by atoms with Crippen LogP contribution < -0.4 is 20.3 Å². The molecule has 6 nitrogen and oxygen atoms in total. The van der Waals surface area contributed by atoms with E-state index in [0.29, 0.717) is 22.9 Å². The van der Waals surface area contributed by atoms with Crippen LogP contribution in [0.3, 0.4) is 0 Å². The first-order valence-corrected chi connectivity index (χ1v) is 9.46. The van der Waals surface area contributed by atoms with Gasteiger partial charge in [-0.2, -0.15) is 9.97 Å². The molecule has 2 N–H and O–H groups in total. The number of nitrogens with zero attached hydrogens (tertiary/aromatic N) is 3. The number of para-hydroxylation sites is 1. The van der Waals surface area contributed by atoms with Gasteiger partial charge in [-0.05, 0) is 50.0 Å². The topological polar surface area (TPSA) is 62.3 Å². The van der Waals surface area contributed by atoms with Gasteiger partial charge in [0.25, 0.3) is 0 Å². The zero-order valence-corrected chi connectivity index (χ0v) is 16.1. The molecule has 0 spiro atoms. The summed E-state index contributed by atoms with van der Waals surface area (Å²) >= 11 is 5.27. The van der Waals surface area contributed by atoms with Crippen molar-refractivity contribution < 1.29 is 4.74 Å². The van der Waals surface area contributed by atoms with Crippen molar-refractivity contribution in [3.05, 3.63) is 36.4 Å². The van der Waals surface area contributed by atoms with Crippen LogP contribution in [0.2, 0.25) is 0 Å². The van der Waals surface area contributed by atoms with Gasteiger partial charge in [0.05, 0.1) is 0 Å². The number of anilines is 2. The fourth-order valence-corrected chi connectivity index (χ4v) is 3.23. The highest BCUT2D eigenvalue weighted by Gasteiger charge is 2.19. The molecule has 0 saturated carbocycles. The molecule has 0 aliphatic carbocycles. The molecular weight excluding hydrogens is 346 g/mol. The van der Waals surface area contributed by atoms with E-state index in [4.69, 9.17) is 17.0 Å². The number of thiocarbonyl (C=S) groups is 1. The van der Waals surface area contributed by atoms with Gasteiger partial charge in [0.2, 0.25) is 11.8 Å². The fourth-order valence-electron chi connectivity index (χ4n) is 3.00. The first kappa shape index (κ1) is 18.4. The zero-order valence-electron chi connectivity index (χ0n) is 15.2. The maximum absolute atomic E-state index is 5.94. The lowest BCUT2D eigenvalue weighted by Crippen LogP contribution is -2.35. The van der Waals surface area contributed by atoms with E-state index in [9.17, 15) is 0 Å². The first-order chi connectivity index (χ1) is 12.6. The van der Waals surface area contributed by atoms with Gasteiger partial charge >= 0.3 is 0 Å². The predicted octanol–water partition coefficient (Wildman–Crippen LogP) is 3.81. The third kappa shape index (κ3) is 5.05. The Bertz CT molecular complexity index is 740. The van der Waals surface area contributed by atoms with Crippen molar-refractivity contribution in [2.45, 2.75) is 26.7 Å². The van der Waals surface area contributed by atoms with Gasteiger partial charge in [-0.15, -0.1) is 0 Å². The molecule has 1 fully saturated rings. The van der Waals surface area contributed by atoms with Crippen molar-refractivity contribution in [2.24, 2.45) is 5.92 Å². The Balaban J connectivity index is 1.86. The zero-order chi connectivity index (χ0) is 18.4. The number of rotatable bonds is 5. The number of ether oxygens (including phenoxy) is 1. The molecule has 7 heteroatoms. The van der Waals surface area contributed by atoms with Crippen LogP contribution in [0.25, 0.3) is 0 Å². The van der Waals surface area contributed by atoms with E-state index >= 15 is 0 Å². The van der Waals surface area contributed by atoms with Gasteiger partial charge < -0.3 is 20.3 Å². The van der Waals surface area contributed by atoms with Crippen LogP contribution in [0.4, 0.5) is 11.8 Å². The van der Waals surface area contributed by atoms with E-state index in [1.807, 2.05) is 43.3 Å². The van der Waals surface area contributed by atoms with Crippen LogP contribution in [0, 0.1) is 5.92 Å². The molecule has 1 aromatic heterocycles. The maximum Gasteiger partial charge on any atom is 0.234 e. The summed E-state index contributed by atoms with van der Waals surface area (Å²) in [7, 11) is 0. The summed E-state index contributed by atoms with van der Waals surface area (Å²) in [6, 6.07) is 11.5. The van der Waals surface area contributed by atoms with Gasteiger partial charge in [-0.3, -0.25) is 0 Å². The van der Waals surface area contributed by atoms with E-state index in [1.54, 1.807) is 0 Å². The minimum absolute atomic E-state index is 0.442. The van der Waals surface area contributed by atoms with Gasteiger partial charge in [0, 0.05) is 25.7 Å². The second kappa shape index (κ2) is 8.80. The lowest BCUT2D eigenvalue weighted by Gasteiger charge is -2.32. The lowest BCUT2D eigenvalue weighted by atomic mass is 10.0. The van der Waals surface area contributed by atoms with Crippen molar-refractivity contribution in [1.82, 2.24) is 15.3 Å².